The fourth-order valence-corrected chi connectivity index (χ4v) is 1.54. The molecule has 0 aliphatic rings. The zero-order valence-electron chi connectivity index (χ0n) is 9.95. The van der Waals surface area contributed by atoms with E-state index >= 15 is 0 Å². The van der Waals surface area contributed by atoms with E-state index in [4.69, 9.17) is 22.2 Å². The van der Waals surface area contributed by atoms with Gasteiger partial charge in [0.15, 0.2) is 11.6 Å². The Morgan fingerprint density at radius 2 is 2.21 bits per heavy atom. The SMILES string of the molecule is COc1ccc(Cl)c(Nc2nc(NN)ncc2F)c1. The molecule has 19 heavy (non-hydrogen) atoms. The van der Waals surface area contributed by atoms with Gasteiger partial charge >= 0.3 is 0 Å². The van der Waals surface area contributed by atoms with Gasteiger partial charge in [0.2, 0.25) is 5.95 Å². The summed E-state index contributed by atoms with van der Waals surface area (Å²) in [6, 6.07) is 4.94. The third-order valence-corrected chi connectivity index (χ3v) is 2.63. The number of ether oxygens (including phenoxy) is 1. The van der Waals surface area contributed by atoms with Crippen molar-refractivity contribution in [3.05, 3.63) is 35.2 Å². The van der Waals surface area contributed by atoms with Crippen LogP contribution in [0.2, 0.25) is 5.02 Å². The maximum atomic E-state index is 13.6. The predicted octanol–water partition coefficient (Wildman–Crippen LogP) is 2.31. The van der Waals surface area contributed by atoms with Crippen LogP contribution in [0, 0.1) is 5.82 Å². The lowest BCUT2D eigenvalue weighted by molar-refractivity contribution is 0.415. The van der Waals surface area contributed by atoms with Crippen molar-refractivity contribution in [2.45, 2.75) is 0 Å². The van der Waals surface area contributed by atoms with Crippen LogP contribution in [0.5, 0.6) is 5.75 Å². The molecular formula is C11H11ClFN5O. The second-order valence-corrected chi connectivity index (χ2v) is 3.91. The van der Waals surface area contributed by atoms with Crippen LogP contribution in [0.3, 0.4) is 0 Å². The number of anilines is 3. The van der Waals surface area contributed by atoms with Gasteiger partial charge in [0.25, 0.3) is 0 Å². The normalized spacial score (nSPS) is 10.1. The number of benzene rings is 1. The number of nitrogen functional groups attached to an aromatic ring is 1. The van der Waals surface area contributed by atoms with E-state index in [2.05, 4.69) is 20.7 Å². The predicted molar refractivity (Wildman–Crippen MR) is 71.1 cm³/mol. The molecular weight excluding hydrogens is 273 g/mol. The number of hydrazine groups is 1. The Kier molecular flexibility index (Phi) is 3.98. The van der Waals surface area contributed by atoms with Crippen LogP contribution < -0.4 is 21.3 Å². The summed E-state index contributed by atoms with van der Waals surface area (Å²) < 4.78 is 18.6. The number of halogens is 2. The first-order chi connectivity index (χ1) is 9.13. The summed E-state index contributed by atoms with van der Waals surface area (Å²) in [5.74, 6) is 5.16. The van der Waals surface area contributed by atoms with Crippen LogP contribution in [-0.2, 0) is 0 Å². The summed E-state index contributed by atoms with van der Waals surface area (Å²) in [5.41, 5.74) is 2.69. The molecule has 0 aliphatic heterocycles. The first-order valence-electron chi connectivity index (χ1n) is 5.23. The molecule has 0 aliphatic carbocycles. The minimum atomic E-state index is -0.627. The molecule has 2 aromatic rings. The van der Waals surface area contributed by atoms with Gasteiger partial charge in [-0.05, 0) is 12.1 Å². The molecule has 0 unspecified atom stereocenters. The Bertz CT molecular complexity index is 544. The molecule has 0 amide bonds. The average Bonchev–Trinajstić information content (AvgIpc) is 2.43. The van der Waals surface area contributed by atoms with Gasteiger partial charge in [-0.25, -0.2) is 15.2 Å². The highest BCUT2D eigenvalue weighted by molar-refractivity contribution is 6.33. The van der Waals surface area contributed by atoms with Gasteiger partial charge < -0.3 is 10.1 Å². The van der Waals surface area contributed by atoms with Crippen LogP contribution in [0.15, 0.2) is 24.4 Å². The summed E-state index contributed by atoms with van der Waals surface area (Å²) in [6.07, 6.45) is 0.999. The fraction of sp³-hybridized carbons (Fsp3) is 0.0909. The van der Waals surface area contributed by atoms with Crippen molar-refractivity contribution in [2.24, 2.45) is 5.84 Å². The molecule has 1 heterocycles. The largest absolute Gasteiger partial charge is 0.497 e. The van der Waals surface area contributed by atoms with E-state index < -0.39 is 5.82 Å². The molecule has 1 aromatic carbocycles. The summed E-state index contributed by atoms with van der Waals surface area (Å²) >= 11 is 6.00. The second kappa shape index (κ2) is 5.68. The van der Waals surface area contributed by atoms with E-state index in [1.54, 1.807) is 18.2 Å². The molecule has 1 aromatic heterocycles. The Balaban J connectivity index is 2.35. The number of aromatic nitrogens is 2. The molecule has 0 saturated carbocycles. The van der Waals surface area contributed by atoms with Crippen LogP contribution in [0.25, 0.3) is 0 Å². The van der Waals surface area contributed by atoms with Crippen molar-refractivity contribution in [2.75, 3.05) is 17.9 Å². The number of nitrogens with one attached hydrogen (secondary N) is 2. The van der Waals surface area contributed by atoms with Crippen molar-refractivity contribution in [1.82, 2.24) is 9.97 Å². The molecule has 0 fully saturated rings. The number of hydrogen-bond acceptors (Lipinski definition) is 6. The number of rotatable bonds is 4. The van der Waals surface area contributed by atoms with E-state index in [-0.39, 0.29) is 11.8 Å². The molecule has 0 spiro atoms. The second-order valence-electron chi connectivity index (χ2n) is 3.51. The Labute approximate surface area is 113 Å². The van der Waals surface area contributed by atoms with Crippen molar-refractivity contribution < 1.29 is 9.13 Å². The lowest BCUT2D eigenvalue weighted by Gasteiger charge is -2.10. The standard InChI is InChI=1S/C11H11ClFN5O/c1-19-6-2-3-7(12)9(4-6)16-10-8(13)5-15-11(17-10)18-14/h2-5H,14H2,1H3,(H2,15,16,17,18). The van der Waals surface area contributed by atoms with E-state index in [9.17, 15) is 4.39 Å². The number of methoxy groups -OCH3 is 1. The highest BCUT2D eigenvalue weighted by Crippen LogP contribution is 2.29. The molecule has 6 nitrogen and oxygen atoms in total. The maximum Gasteiger partial charge on any atom is 0.239 e. The van der Waals surface area contributed by atoms with Gasteiger partial charge in [-0.3, -0.25) is 5.43 Å². The monoisotopic (exact) mass is 283 g/mol. The van der Waals surface area contributed by atoms with Crippen LogP contribution >= 0.6 is 11.6 Å². The van der Waals surface area contributed by atoms with Crippen LogP contribution in [0.1, 0.15) is 0 Å². The van der Waals surface area contributed by atoms with Crippen molar-refractivity contribution in [3.8, 4) is 5.75 Å². The van der Waals surface area contributed by atoms with Crippen molar-refractivity contribution in [1.29, 1.82) is 0 Å². The quantitative estimate of drug-likeness (QED) is 0.590. The summed E-state index contributed by atoms with van der Waals surface area (Å²) in [7, 11) is 1.52. The van der Waals surface area contributed by atoms with Gasteiger partial charge in [0.1, 0.15) is 5.75 Å². The molecule has 2 rings (SSSR count). The highest BCUT2D eigenvalue weighted by Gasteiger charge is 2.09. The van der Waals surface area contributed by atoms with Crippen molar-refractivity contribution in [3.63, 3.8) is 0 Å². The minimum absolute atomic E-state index is 0.0434. The number of hydrogen-bond donors (Lipinski definition) is 3. The first-order valence-corrected chi connectivity index (χ1v) is 5.61. The van der Waals surface area contributed by atoms with E-state index in [1.807, 2.05) is 0 Å². The van der Waals surface area contributed by atoms with E-state index in [0.29, 0.717) is 16.5 Å². The maximum absolute atomic E-state index is 13.6. The summed E-state index contributed by atoms with van der Waals surface area (Å²) in [4.78, 5) is 7.49. The lowest BCUT2D eigenvalue weighted by atomic mass is 10.3. The highest BCUT2D eigenvalue weighted by atomic mass is 35.5. The lowest BCUT2D eigenvalue weighted by Crippen LogP contribution is -2.12. The fourth-order valence-electron chi connectivity index (χ4n) is 1.38. The first kappa shape index (κ1) is 13.3. The van der Waals surface area contributed by atoms with Gasteiger partial charge in [0.05, 0.1) is 24.0 Å². The zero-order valence-corrected chi connectivity index (χ0v) is 10.7. The van der Waals surface area contributed by atoms with Crippen LogP contribution in [0.4, 0.5) is 21.8 Å². The molecule has 4 N–H and O–H groups in total. The zero-order chi connectivity index (χ0) is 13.8. The molecule has 0 atom stereocenters. The Hall–Kier alpha value is -2.12. The van der Waals surface area contributed by atoms with Gasteiger partial charge in [-0.1, -0.05) is 11.6 Å². The minimum Gasteiger partial charge on any atom is -0.497 e. The Morgan fingerprint density at radius 3 is 2.89 bits per heavy atom. The number of nitrogens with two attached hydrogens (primary N) is 1. The topological polar surface area (TPSA) is 85.1 Å². The summed E-state index contributed by atoms with van der Waals surface area (Å²) in [6.45, 7) is 0. The van der Waals surface area contributed by atoms with Gasteiger partial charge in [0, 0.05) is 6.07 Å². The van der Waals surface area contributed by atoms with Gasteiger partial charge in [-0.2, -0.15) is 4.98 Å². The van der Waals surface area contributed by atoms with Crippen molar-refractivity contribution >= 4 is 29.1 Å². The average molecular weight is 284 g/mol. The van der Waals surface area contributed by atoms with Crippen LogP contribution in [-0.4, -0.2) is 17.1 Å². The van der Waals surface area contributed by atoms with Gasteiger partial charge in [-0.15, -0.1) is 0 Å². The molecule has 0 saturated heterocycles. The summed E-state index contributed by atoms with van der Waals surface area (Å²) in [5, 5.41) is 3.16. The molecule has 8 heteroatoms. The van der Waals surface area contributed by atoms with E-state index in [0.717, 1.165) is 6.20 Å². The molecule has 0 bridgehead atoms. The molecule has 0 radical (unpaired) electrons. The third-order valence-electron chi connectivity index (χ3n) is 2.30. The third kappa shape index (κ3) is 3.01. The molecule has 100 valence electrons. The Morgan fingerprint density at radius 1 is 1.42 bits per heavy atom. The smallest absolute Gasteiger partial charge is 0.239 e. The number of nitrogens with zero attached hydrogens (tertiary/aromatic N) is 2. The van der Waals surface area contributed by atoms with E-state index in [1.165, 1.54) is 7.11 Å².